The zero-order chi connectivity index (χ0) is 17.4. The average molecular weight is 321 g/mol. The van der Waals surface area contributed by atoms with Gasteiger partial charge in [-0.15, -0.1) is 0 Å². The van der Waals surface area contributed by atoms with Gasteiger partial charge in [-0.3, -0.25) is 4.79 Å². The lowest BCUT2D eigenvalue weighted by Crippen LogP contribution is -2.03. The summed E-state index contributed by atoms with van der Waals surface area (Å²) < 4.78 is 11.0. The second-order valence-electron chi connectivity index (χ2n) is 4.96. The largest absolute Gasteiger partial charge is 0.494 e. The summed E-state index contributed by atoms with van der Waals surface area (Å²) in [5.41, 5.74) is 1.80. The molecule has 0 N–H and O–H groups in total. The first-order valence-electron chi connectivity index (χ1n) is 7.80. The van der Waals surface area contributed by atoms with E-state index in [1.807, 2.05) is 19.9 Å². The van der Waals surface area contributed by atoms with Gasteiger partial charge in [0, 0.05) is 0 Å². The minimum Gasteiger partial charge on any atom is -0.494 e. The summed E-state index contributed by atoms with van der Waals surface area (Å²) in [7, 11) is 0. The Hall–Kier alpha value is -3.06. The molecule has 0 saturated carbocycles. The van der Waals surface area contributed by atoms with Crippen molar-refractivity contribution >= 4 is 11.9 Å². The Labute approximate surface area is 141 Å². The van der Waals surface area contributed by atoms with Gasteiger partial charge in [-0.2, -0.15) is 5.26 Å². The standard InChI is InChI=1S/C20H19NO3/c1-3-23-17-9-11-20(24-4-2)18(13-17)19(22)10-8-15-6-5-7-16(12-15)14-21/h5-13H,3-4H2,1-2H3/b10-8+. The van der Waals surface area contributed by atoms with Crippen molar-refractivity contribution in [1.29, 1.82) is 5.26 Å². The van der Waals surface area contributed by atoms with Crippen LogP contribution in [0.15, 0.2) is 48.5 Å². The Kier molecular flexibility index (Phi) is 6.16. The Morgan fingerprint density at radius 1 is 1.12 bits per heavy atom. The lowest BCUT2D eigenvalue weighted by atomic mass is 10.1. The molecule has 0 spiro atoms. The topological polar surface area (TPSA) is 59.3 Å². The van der Waals surface area contributed by atoms with Gasteiger partial charge < -0.3 is 9.47 Å². The Morgan fingerprint density at radius 2 is 1.92 bits per heavy atom. The van der Waals surface area contributed by atoms with Gasteiger partial charge in [-0.05, 0) is 55.8 Å². The van der Waals surface area contributed by atoms with Gasteiger partial charge in [0.15, 0.2) is 5.78 Å². The highest BCUT2D eigenvalue weighted by molar-refractivity contribution is 6.08. The van der Waals surface area contributed by atoms with E-state index in [9.17, 15) is 4.79 Å². The number of hydrogen-bond donors (Lipinski definition) is 0. The van der Waals surface area contributed by atoms with Gasteiger partial charge in [0.05, 0.1) is 30.4 Å². The molecule has 0 atom stereocenters. The normalized spacial score (nSPS) is 10.4. The molecule has 0 aliphatic heterocycles. The first kappa shape index (κ1) is 17.3. The van der Waals surface area contributed by atoms with Crippen molar-refractivity contribution in [3.05, 3.63) is 65.2 Å². The van der Waals surface area contributed by atoms with Crippen LogP contribution in [0.1, 0.15) is 35.3 Å². The molecule has 0 saturated heterocycles. The smallest absolute Gasteiger partial charge is 0.189 e. The summed E-state index contributed by atoms with van der Waals surface area (Å²) in [5, 5.41) is 8.92. The van der Waals surface area contributed by atoms with E-state index in [0.29, 0.717) is 35.8 Å². The number of benzene rings is 2. The average Bonchev–Trinajstić information content (AvgIpc) is 2.61. The molecule has 0 bridgehead atoms. The van der Waals surface area contributed by atoms with Gasteiger partial charge in [0.1, 0.15) is 11.5 Å². The van der Waals surface area contributed by atoms with Crippen molar-refractivity contribution in [2.45, 2.75) is 13.8 Å². The van der Waals surface area contributed by atoms with Crippen LogP contribution in [0.5, 0.6) is 11.5 Å². The van der Waals surface area contributed by atoms with Crippen molar-refractivity contribution in [1.82, 2.24) is 0 Å². The van der Waals surface area contributed by atoms with Gasteiger partial charge in [-0.1, -0.05) is 18.2 Å². The maximum absolute atomic E-state index is 12.5. The fourth-order valence-corrected chi connectivity index (χ4v) is 2.21. The van der Waals surface area contributed by atoms with E-state index in [1.54, 1.807) is 42.5 Å². The van der Waals surface area contributed by atoms with E-state index >= 15 is 0 Å². The van der Waals surface area contributed by atoms with Crippen molar-refractivity contribution in [2.24, 2.45) is 0 Å². The first-order valence-corrected chi connectivity index (χ1v) is 7.80. The predicted octanol–water partition coefficient (Wildman–Crippen LogP) is 4.25. The predicted molar refractivity (Wildman–Crippen MR) is 93.3 cm³/mol. The third-order valence-electron chi connectivity index (χ3n) is 3.27. The number of rotatable bonds is 7. The van der Waals surface area contributed by atoms with Gasteiger partial charge in [0.2, 0.25) is 0 Å². The number of ketones is 1. The second-order valence-corrected chi connectivity index (χ2v) is 4.96. The van der Waals surface area contributed by atoms with Crippen LogP contribution >= 0.6 is 0 Å². The lowest BCUT2D eigenvalue weighted by Gasteiger charge is -2.10. The van der Waals surface area contributed by atoms with E-state index in [-0.39, 0.29) is 5.78 Å². The molecule has 4 nitrogen and oxygen atoms in total. The molecule has 0 heterocycles. The number of nitriles is 1. The van der Waals surface area contributed by atoms with Gasteiger partial charge >= 0.3 is 0 Å². The number of carbonyl (C=O) groups excluding carboxylic acids is 1. The maximum Gasteiger partial charge on any atom is 0.189 e. The summed E-state index contributed by atoms with van der Waals surface area (Å²) in [5.74, 6) is 0.980. The van der Waals surface area contributed by atoms with Crippen molar-refractivity contribution in [3.63, 3.8) is 0 Å². The summed E-state index contributed by atoms with van der Waals surface area (Å²) >= 11 is 0. The summed E-state index contributed by atoms with van der Waals surface area (Å²) in [6.07, 6.45) is 3.16. The second kappa shape index (κ2) is 8.54. The minimum absolute atomic E-state index is 0.178. The number of hydrogen-bond acceptors (Lipinski definition) is 4. The highest BCUT2D eigenvalue weighted by Crippen LogP contribution is 2.25. The monoisotopic (exact) mass is 321 g/mol. The molecule has 4 heteroatoms. The first-order chi connectivity index (χ1) is 11.7. The van der Waals surface area contributed by atoms with Gasteiger partial charge in [0.25, 0.3) is 0 Å². The molecule has 0 amide bonds. The van der Waals surface area contributed by atoms with Crippen LogP contribution in [-0.4, -0.2) is 19.0 Å². The summed E-state index contributed by atoms with van der Waals surface area (Å²) in [6.45, 7) is 4.76. The number of allylic oxidation sites excluding steroid dienone is 1. The summed E-state index contributed by atoms with van der Waals surface area (Å²) in [6, 6.07) is 14.4. The molecule has 0 aliphatic rings. The maximum atomic E-state index is 12.5. The molecule has 122 valence electrons. The van der Waals surface area contributed by atoms with E-state index in [2.05, 4.69) is 6.07 Å². The molecule has 0 aliphatic carbocycles. The molecule has 2 rings (SSSR count). The van der Waals surface area contributed by atoms with Crippen LogP contribution in [-0.2, 0) is 0 Å². The third-order valence-corrected chi connectivity index (χ3v) is 3.27. The minimum atomic E-state index is -0.178. The van der Waals surface area contributed by atoms with E-state index in [4.69, 9.17) is 14.7 Å². The van der Waals surface area contributed by atoms with Crippen LogP contribution in [0.3, 0.4) is 0 Å². The Bertz CT molecular complexity index is 788. The fourth-order valence-electron chi connectivity index (χ4n) is 2.21. The molecule has 0 radical (unpaired) electrons. The third kappa shape index (κ3) is 4.47. The molecular formula is C20H19NO3. The van der Waals surface area contributed by atoms with Crippen LogP contribution in [0.4, 0.5) is 0 Å². The molecule has 0 aromatic heterocycles. The van der Waals surface area contributed by atoms with E-state index in [1.165, 1.54) is 6.08 Å². The molecule has 24 heavy (non-hydrogen) atoms. The van der Waals surface area contributed by atoms with Crippen LogP contribution in [0.25, 0.3) is 6.08 Å². The van der Waals surface area contributed by atoms with Crippen molar-refractivity contribution < 1.29 is 14.3 Å². The van der Waals surface area contributed by atoms with E-state index in [0.717, 1.165) is 5.56 Å². The lowest BCUT2D eigenvalue weighted by molar-refractivity contribution is 0.104. The zero-order valence-electron chi connectivity index (χ0n) is 13.8. The molecule has 2 aromatic rings. The zero-order valence-corrected chi connectivity index (χ0v) is 13.8. The molecule has 0 fully saturated rings. The molecular weight excluding hydrogens is 302 g/mol. The Balaban J connectivity index is 2.28. The highest BCUT2D eigenvalue weighted by atomic mass is 16.5. The molecule has 2 aromatic carbocycles. The van der Waals surface area contributed by atoms with Crippen LogP contribution in [0, 0.1) is 11.3 Å². The highest BCUT2D eigenvalue weighted by Gasteiger charge is 2.12. The Morgan fingerprint density at radius 3 is 2.62 bits per heavy atom. The van der Waals surface area contributed by atoms with Gasteiger partial charge in [-0.25, -0.2) is 0 Å². The fraction of sp³-hybridized carbons (Fsp3) is 0.200. The van der Waals surface area contributed by atoms with Crippen LogP contribution in [0.2, 0.25) is 0 Å². The number of carbonyl (C=O) groups is 1. The van der Waals surface area contributed by atoms with E-state index < -0.39 is 0 Å². The number of ether oxygens (including phenoxy) is 2. The number of nitrogens with zero attached hydrogens (tertiary/aromatic N) is 1. The van der Waals surface area contributed by atoms with Crippen molar-refractivity contribution in [3.8, 4) is 17.6 Å². The van der Waals surface area contributed by atoms with Crippen LogP contribution < -0.4 is 9.47 Å². The quantitative estimate of drug-likeness (QED) is 0.565. The molecule has 0 unspecified atom stereocenters. The SMILES string of the molecule is CCOc1ccc(OCC)c(C(=O)/C=C/c2cccc(C#N)c2)c1. The van der Waals surface area contributed by atoms with Crippen molar-refractivity contribution in [2.75, 3.05) is 13.2 Å². The summed E-state index contributed by atoms with van der Waals surface area (Å²) in [4.78, 5) is 12.5.